The van der Waals surface area contributed by atoms with Crippen molar-refractivity contribution in [2.75, 3.05) is 0 Å². The summed E-state index contributed by atoms with van der Waals surface area (Å²) < 4.78 is 33.0. The Morgan fingerprint density at radius 1 is 1.32 bits per heavy atom. The Kier molecular flexibility index (Phi) is 5.65. The Labute approximate surface area is 142 Å². The molecule has 0 amide bonds. The minimum absolute atomic E-state index is 0. The van der Waals surface area contributed by atoms with E-state index in [2.05, 4.69) is 15.9 Å². The van der Waals surface area contributed by atoms with Gasteiger partial charge in [0.25, 0.3) is 0 Å². The molecule has 0 bridgehead atoms. The Bertz CT molecular complexity index is 539. The van der Waals surface area contributed by atoms with E-state index in [9.17, 15) is 23.2 Å². The summed E-state index contributed by atoms with van der Waals surface area (Å²) in [5, 5.41) is 19.2. The largest absolute Gasteiger partial charge is 1.00 e. The Morgan fingerprint density at radius 2 is 1.79 bits per heavy atom. The third-order valence-electron chi connectivity index (χ3n) is 3.27. The van der Waals surface area contributed by atoms with Crippen molar-refractivity contribution in [2.24, 2.45) is 0 Å². The molecule has 5 nitrogen and oxygen atoms in total. The molecule has 8 heteroatoms. The van der Waals surface area contributed by atoms with Gasteiger partial charge in [0.2, 0.25) is 0 Å². The number of hydrogen-bond acceptors (Lipinski definition) is 5. The number of halogens is 1. The SMILES string of the molecule is O=S(=O)([O-])C(O)C1(O)CC(c2ccc(Br)cc2)C1.[Na+]. The first-order chi connectivity index (χ1) is 8.22. The summed E-state index contributed by atoms with van der Waals surface area (Å²) in [5.41, 5.74) is -3.13. The van der Waals surface area contributed by atoms with E-state index in [1.165, 1.54) is 0 Å². The van der Waals surface area contributed by atoms with Crippen LogP contribution in [0.15, 0.2) is 28.7 Å². The van der Waals surface area contributed by atoms with Gasteiger partial charge in [-0.3, -0.25) is 0 Å². The number of hydrogen-bond donors (Lipinski definition) is 2. The number of aliphatic hydroxyl groups excluding tert-OH is 1. The fourth-order valence-electron chi connectivity index (χ4n) is 2.23. The molecule has 19 heavy (non-hydrogen) atoms. The maximum Gasteiger partial charge on any atom is 1.00 e. The van der Waals surface area contributed by atoms with E-state index >= 15 is 0 Å². The van der Waals surface area contributed by atoms with Crippen LogP contribution in [0.1, 0.15) is 24.3 Å². The van der Waals surface area contributed by atoms with Gasteiger partial charge in [0.1, 0.15) is 15.7 Å². The van der Waals surface area contributed by atoms with E-state index in [4.69, 9.17) is 0 Å². The van der Waals surface area contributed by atoms with E-state index in [1.54, 1.807) is 0 Å². The summed E-state index contributed by atoms with van der Waals surface area (Å²) in [6.07, 6.45) is 0.133. The molecule has 1 fully saturated rings. The van der Waals surface area contributed by atoms with Crippen LogP contribution >= 0.6 is 15.9 Å². The van der Waals surface area contributed by atoms with Crippen LogP contribution in [0.5, 0.6) is 0 Å². The molecule has 2 N–H and O–H groups in total. The first kappa shape index (κ1) is 17.6. The Hall–Kier alpha value is 0.530. The molecule has 0 spiro atoms. The topological polar surface area (TPSA) is 97.7 Å². The number of aliphatic hydroxyl groups is 2. The van der Waals surface area contributed by atoms with Crippen molar-refractivity contribution in [3.63, 3.8) is 0 Å². The fourth-order valence-corrected chi connectivity index (χ4v) is 3.23. The molecular formula is C11H12BrNaO5S. The van der Waals surface area contributed by atoms with E-state index in [0.29, 0.717) is 0 Å². The van der Waals surface area contributed by atoms with Gasteiger partial charge in [0.05, 0.1) is 0 Å². The first-order valence-corrected chi connectivity index (χ1v) is 7.59. The predicted octanol–water partition coefficient (Wildman–Crippen LogP) is -2.07. The monoisotopic (exact) mass is 358 g/mol. The maximum absolute atomic E-state index is 10.7. The molecule has 1 saturated carbocycles. The van der Waals surface area contributed by atoms with Crippen LogP contribution in [0.3, 0.4) is 0 Å². The number of rotatable bonds is 3. The molecule has 1 aromatic rings. The van der Waals surface area contributed by atoms with Crippen LogP contribution in [0.4, 0.5) is 0 Å². The second-order valence-corrected chi connectivity index (χ2v) is 6.95. The molecule has 0 saturated heterocycles. The van der Waals surface area contributed by atoms with Gasteiger partial charge in [0, 0.05) is 4.47 Å². The van der Waals surface area contributed by atoms with Crippen LogP contribution in [-0.4, -0.2) is 34.2 Å². The second kappa shape index (κ2) is 6.11. The van der Waals surface area contributed by atoms with Gasteiger partial charge in [0.15, 0.2) is 5.44 Å². The summed E-state index contributed by atoms with van der Waals surface area (Å²) >= 11 is 3.30. The molecule has 1 aliphatic rings. The van der Waals surface area contributed by atoms with Crippen molar-refractivity contribution in [1.82, 2.24) is 0 Å². The molecular weight excluding hydrogens is 347 g/mol. The molecule has 0 heterocycles. The van der Waals surface area contributed by atoms with Gasteiger partial charge in [-0.25, -0.2) is 8.42 Å². The summed E-state index contributed by atoms with van der Waals surface area (Å²) in [7, 11) is -4.89. The molecule has 0 radical (unpaired) electrons. The fraction of sp³-hybridized carbons (Fsp3) is 0.455. The Balaban J connectivity index is 0.00000180. The third kappa shape index (κ3) is 3.79. The van der Waals surface area contributed by atoms with Gasteiger partial charge in [-0.1, -0.05) is 28.1 Å². The third-order valence-corrected chi connectivity index (χ3v) is 4.79. The number of benzene rings is 1. The standard InChI is InChI=1S/C11H13BrO5S.Na/c12-9-3-1-7(2-4-9)8-5-11(14,6-8)10(13)18(15,16)17;/h1-4,8,10,13-14H,5-6H2,(H,15,16,17);/q;+1/p-1. The van der Waals surface area contributed by atoms with Crippen LogP contribution < -0.4 is 29.6 Å². The zero-order valence-corrected chi connectivity index (χ0v) is 14.7. The summed E-state index contributed by atoms with van der Waals surface area (Å²) in [6.45, 7) is 0. The molecule has 0 aromatic heterocycles. The summed E-state index contributed by atoms with van der Waals surface area (Å²) in [4.78, 5) is 0. The first-order valence-electron chi connectivity index (χ1n) is 5.33. The van der Waals surface area contributed by atoms with Crippen LogP contribution in [0, 0.1) is 0 Å². The molecule has 1 unspecified atom stereocenters. The van der Waals surface area contributed by atoms with E-state index in [0.717, 1.165) is 10.0 Å². The molecule has 2 rings (SSSR count). The summed E-state index contributed by atoms with van der Waals surface area (Å²) in [6, 6.07) is 7.39. The van der Waals surface area contributed by atoms with E-state index < -0.39 is 21.2 Å². The van der Waals surface area contributed by atoms with Crippen LogP contribution in [0.25, 0.3) is 0 Å². The molecule has 1 atom stereocenters. The van der Waals surface area contributed by atoms with Crippen molar-refractivity contribution in [1.29, 1.82) is 0 Å². The van der Waals surface area contributed by atoms with Crippen molar-refractivity contribution >= 4 is 26.0 Å². The normalized spacial score (nSPS) is 28.1. The smallest absolute Gasteiger partial charge is 0.746 e. The molecule has 1 aromatic carbocycles. The van der Waals surface area contributed by atoms with Crippen molar-refractivity contribution in [3.05, 3.63) is 34.3 Å². The quantitative estimate of drug-likeness (QED) is 0.477. The van der Waals surface area contributed by atoms with Crippen molar-refractivity contribution in [2.45, 2.75) is 29.8 Å². The average Bonchev–Trinajstić information content (AvgIpc) is 2.24. The summed E-state index contributed by atoms with van der Waals surface area (Å²) in [5.74, 6) is -0.0421. The van der Waals surface area contributed by atoms with Crippen LogP contribution in [-0.2, 0) is 10.1 Å². The van der Waals surface area contributed by atoms with Crippen molar-refractivity contribution < 1.29 is 52.7 Å². The zero-order chi connectivity index (χ0) is 13.6. The minimum atomic E-state index is -4.89. The van der Waals surface area contributed by atoms with Gasteiger partial charge >= 0.3 is 29.6 Å². The molecule has 1 aliphatic carbocycles. The maximum atomic E-state index is 10.7. The van der Waals surface area contributed by atoms with Crippen molar-refractivity contribution in [3.8, 4) is 0 Å². The second-order valence-electron chi connectivity index (χ2n) is 4.61. The predicted molar refractivity (Wildman–Crippen MR) is 66.8 cm³/mol. The molecule has 0 aliphatic heterocycles. The zero-order valence-electron chi connectivity index (χ0n) is 10.3. The average molecular weight is 359 g/mol. The van der Waals surface area contributed by atoms with Gasteiger partial charge in [-0.05, 0) is 36.5 Å². The van der Waals surface area contributed by atoms with E-state index in [-0.39, 0.29) is 48.3 Å². The van der Waals surface area contributed by atoms with Gasteiger partial charge < -0.3 is 14.8 Å². The van der Waals surface area contributed by atoms with Crippen LogP contribution in [0.2, 0.25) is 0 Å². The van der Waals surface area contributed by atoms with E-state index in [1.807, 2.05) is 24.3 Å². The van der Waals surface area contributed by atoms with Gasteiger partial charge in [-0.2, -0.15) is 0 Å². The molecule has 100 valence electrons. The van der Waals surface area contributed by atoms with Gasteiger partial charge in [-0.15, -0.1) is 0 Å². The minimum Gasteiger partial charge on any atom is -0.746 e. The Morgan fingerprint density at radius 3 is 2.21 bits per heavy atom.